The number of hydrogen-bond donors (Lipinski definition) is 2. The number of carboxylic acid groups (broad SMARTS) is 1. The maximum absolute atomic E-state index is 10.7. The van der Waals surface area contributed by atoms with Crippen LogP contribution in [0.5, 0.6) is 0 Å². The topological polar surface area (TPSA) is 72.6 Å². The summed E-state index contributed by atoms with van der Waals surface area (Å²) in [6.45, 7) is 2.73. The molecule has 0 spiro atoms. The molecule has 0 aromatic rings. The Balaban J connectivity index is 2.54. The van der Waals surface area contributed by atoms with Gasteiger partial charge in [-0.25, -0.2) is 0 Å². The van der Waals surface area contributed by atoms with Gasteiger partial charge in [0.25, 0.3) is 0 Å². The molecule has 3 N–H and O–H groups in total. The molecule has 1 fully saturated rings. The van der Waals surface area contributed by atoms with Gasteiger partial charge in [0.2, 0.25) is 0 Å². The van der Waals surface area contributed by atoms with Gasteiger partial charge in [0.05, 0.1) is 12.5 Å². The average Bonchev–Trinajstić information content (AvgIpc) is 2.65. The molecule has 3 unspecified atom stereocenters. The van der Waals surface area contributed by atoms with Crippen molar-refractivity contribution >= 4 is 5.97 Å². The van der Waals surface area contributed by atoms with Gasteiger partial charge in [-0.05, 0) is 19.3 Å². The maximum atomic E-state index is 10.7. The number of ether oxygens (including phenoxy) is 1. The van der Waals surface area contributed by atoms with E-state index < -0.39 is 5.97 Å². The van der Waals surface area contributed by atoms with Crippen LogP contribution in [0.1, 0.15) is 32.6 Å². The molecule has 4 nitrogen and oxygen atoms in total. The van der Waals surface area contributed by atoms with Crippen molar-refractivity contribution in [3.05, 3.63) is 0 Å². The van der Waals surface area contributed by atoms with Crippen LogP contribution in [0.2, 0.25) is 0 Å². The standard InChI is InChI=1S/C10H19NO3/c1-2-8(11)7(6-10(12)13)9-4-3-5-14-9/h7-9H,2-6,11H2,1H3,(H,12,13). The van der Waals surface area contributed by atoms with E-state index in [-0.39, 0.29) is 24.5 Å². The molecule has 1 rings (SSSR count). The van der Waals surface area contributed by atoms with E-state index in [1.807, 2.05) is 6.92 Å². The molecule has 1 aliphatic rings. The quantitative estimate of drug-likeness (QED) is 0.695. The van der Waals surface area contributed by atoms with Crippen LogP contribution in [0, 0.1) is 5.92 Å². The largest absolute Gasteiger partial charge is 0.481 e. The van der Waals surface area contributed by atoms with Crippen LogP contribution in [0.3, 0.4) is 0 Å². The molecule has 0 aromatic heterocycles. The van der Waals surface area contributed by atoms with Gasteiger partial charge in [-0.2, -0.15) is 0 Å². The minimum atomic E-state index is -0.783. The summed E-state index contributed by atoms with van der Waals surface area (Å²) in [5.41, 5.74) is 5.90. The van der Waals surface area contributed by atoms with E-state index in [0.29, 0.717) is 0 Å². The van der Waals surface area contributed by atoms with Crippen LogP contribution in [0.25, 0.3) is 0 Å². The molecule has 82 valence electrons. The predicted molar refractivity (Wildman–Crippen MR) is 53.0 cm³/mol. The molecule has 4 heteroatoms. The molecular formula is C10H19NO3. The molecule has 0 aliphatic carbocycles. The molecule has 1 aliphatic heterocycles. The normalized spacial score (nSPS) is 26.0. The van der Waals surface area contributed by atoms with Gasteiger partial charge in [0, 0.05) is 18.6 Å². The Labute approximate surface area is 84.4 Å². The second kappa shape index (κ2) is 5.32. The zero-order valence-corrected chi connectivity index (χ0v) is 8.61. The summed E-state index contributed by atoms with van der Waals surface area (Å²) in [7, 11) is 0. The van der Waals surface area contributed by atoms with Crippen LogP contribution in [-0.4, -0.2) is 29.8 Å². The van der Waals surface area contributed by atoms with Gasteiger partial charge >= 0.3 is 5.97 Å². The summed E-state index contributed by atoms with van der Waals surface area (Å²) in [4.78, 5) is 10.7. The minimum absolute atomic E-state index is 0.0278. The molecule has 0 aromatic carbocycles. The van der Waals surface area contributed by atoms with Crippen molar-refractivity contribution in [1.29, 1.82) is 0 Å². The lowest BCUT2D eigenvalue weighted by Gasteiger charge is -2.26. The maximum Gasteiger partial charge on any atom is 0.303 e. The summed E-state index contributed by atoms with van der Waals surface area (Å²) < 4.78 is 5.50. The Kier molecular flexibility index (Phi) is 4.35. The number of carboxylic acids is 1. The summed E-state index contributed by atoms with van der Waals surface area (Å²) in [5.74, 6) is -0.811. The highest BCUT2D eigenvalue weighted by atomic mass is 16.5. The lowest BCUT2D eigenvalue weighted by molar-refractivity contribution is -0.139. The van der Waals surface area contributed by atoms with Crippen molar-refractivity contribution < 1.29 is 14.6 Å². The van der Waals surface area contributed by atoms with E-state index in [9.17, 15) is 4.79 Å². The Morgan fingerprint density at radius 1 is 1.71 bits per heavy atom. The lowest BCUT2D eigenvalue weighted by Crippen LogP contribution is -2.38. The summed E-state index contributed by atoms with van der Waals surface area (Å²) in [5, 5.41) is 8.78. The van der Waals surface area contributed by atoms with Crippen molar-refractivity contribution in [2.75, 3.05) is 6.61 Å². The first-order valence-corrected chi connectivity index (χ1v) is 5.24. The van der Waals surface area contributed by atoms with E-state index >= 15 is 0 Å². The lowest BCUT2D eigenvalue weighted by atomic mass is 9.88. The van der Waals surface area contributed by atoms with Crippen molar-refractivity contribution in [1.82, 2.24) is 0 Å². The first-order valence-electron chi connectivity index (χ1n) is 5.24. The molecule has 0 radical (unpaired) electrons. The second-order valence-electron chi connectivity index (χ2n) is 3.89. The summed E-state index contributed by atoms with van der Waals surface area (Å²) in [6, 6.07) is -0.0609. The highest BCUT2D eigenvalue weighted by molar-refractivity contribution is 5.67. The Morgan fingerprint density at radius 3 is 2.86 bits per heavy atom. The summed E-state index contributed by atoms with van der Waals surface area (Å²) >= 11 is 0. The zero-order valence-electron chi connectivity index (χ0n) is 8.61. The molecular weight excluding hydrogens is 182 g/mol. The van der Waals surface area contributed by atoms with Crippen molar-refractivity contribution in [3.8, 4) is 0 Å². The number of hydrogen-bond acceptors (Lipinski definition) is 3. The zero-order chi connectivity index (χ0) is 10.6. The minimum Gasteiger partial charge on any atom is -0.481 e. The Morgan fingerprint density at radius 2 is 2.43 bits per heavy atom. The first kappa shape index (κ1) is 11.5. The molecule has 1 heterocycles. The first-order chi connectivity index (χ1) is 6.65. The van der Waals surface area contributed by atoms with Crippen molar-refractivity contribution in [2.24, 2.45) is 11.7 Å². The van der Waals surface area contributed by atoms with E-state index in [1.165, 1.54) is 0 Å². The fourth-order valence-corrected chi connectivity index (χ4v) is 2.00. The van der Waals surface area contributed by atoms with Gasteiger partial charge in [-0.3, -0.25) is 4.79 Å². The van der Waals surface area contributed by atoms with Crippen LogP contribution >= 0.6 is 0 Å². The highest BCUT2D eigenvalue weighted by Gasteiger charge is 2.31. The van der Waals surface area contributed by atoms with Crippen molar-refractivity contribution in [3.63, 3.8) is 0 Å². The SMILES string of the molecule is CCC(N)C(CC(=O)O)C1CCCO1. The molecule has 3 atom stereocenters. The fraction of sp³-hybridized carbons (Fsp3) is 0.900. The monoisotopic (exact) mass is 201 g/mol. The average molecular weight is 201 g/mol. The molecule has 0 bridgehead atoms. The second-order valence-corrected chi connectivity index (χ2v) is 3.89. The third kappa shape index (κ3) is 2.96. The van der Waals surface area contributed by atoms with Gasteiger partial charge in [0.1, 0.15) is 0 Å². The molecule has 0 saturated carbocycles. The van der Waals surface area contributed by atoms with Crippen LogP contribution in [0.15, 0.2) is 0 Å². The number of aliphatic carboxylic acids is 1. The van der Waals surface area contributed by atoms with Gasteiger partial charge in [0.15, 0.2) is 0 Å². The van der Waals surface area contributed by atoms with Crippen LogP contribution < -0.4 is 5.73 Å². The van der Waals surface area contributed by atoms with E-state index in [0.717, 1.165) is 25.9 Å². The van der Waals surface area contributed by atoms with E-state index in [1.54, 1.807) is 0 Å². The Hall–Kier alpha value is -0.610. The molecule has 1 saturated heterocycles. The third-order valence-corrected chi connectivity index (χ3v) is 2.87. The van der Waals surface area contributed by atoms with Gasteiger partial charge < -0.3 is 15.6 Å². The predicted octanol–water partition coefficient (Wildman–Crippen LogP) is 0.994. The molecule has 14 heavy (non-hydrogen) atoms. The molecule has 0 amide bonds. The van der Waals surface area contributed by atoms with E-state index in [4.69, 9.17) is 15.6 Å². The fourth-order valence-electron chi connectivity index (χ4n) is 2.00. The number of rotatable bonds is 5. The van der Waals surface area contributed by atoms with Gasteiger partial charge in [-0.1, -0.05) is 6.92 Å². The summed E-state index contributed by atoms with van der Waals surface area (Å²) in [6.07, 6.45) is 2.96. The highest BCUT2D eigenvalue weighted by Crippen LogP contribution is 2.26. The van der Waals surface area contributed by atoms with Crippen molar-refractivity contribution in [2.45, 2.75) is 44.8 Å². The number of carbonyl (C=O) groups is 1. The van der Waals surface area contributed by atoms with E-state index in [2.05, 4.69) is 0 Å². The smallest absolute Gasteiger partial charge is 0.303 e. The third-order valence-electron chi connectivity index (χ3n) is 2.87. The number of nitrogens with two attached hydrogens (primary N) is 1. The van der Waals surface area contributed by atoms with Crippen LogP contribution in [-0.2, 0) is 9.53 Å². The Bertz CT molecular complexity index is 190. The van der Waals surface area contributed by atoms with Gasteiger partial charge in [-0.15, -0.1) is 0 Å². The van der Waals surface area contributed by atoms with Crippen LogP contribution in [0.4, 0.5) is 0 Å².